The summed E-state index contributed by atoms with van der Waals surface area (Å²) in [6, 6.07) is 7.80. The molecule has 1 saturated heterocycles. The molecule has 2 aliphatic heterocycles. The number of nitrogens with zero attached hydrogens (tertiary/aromatic N) is 4. The summed E-state index contributed by atoms with van der Waals surface area (Å²) >= 11 is 0. The standard InChI is InChI=1S/C21H29N5O2/c1-21(2,16-6-4-5-7-17(16)28-3)20(27)25-11-8-15(9-12-25)19-24-23-18-14-22-10-13-26(18)19/h4-7,15,22H,8-14H2,1-3H3. The van der Waals surface area contributed by atoms with Crippen molar-refractivity contribution >= 4 is 5.91 Å². The first-order valence-corrected chi connectivity index (χ1v) is 10.1. The van der Waals surface area contributed by atoms with Gasteiger partial charge in [-0.1, -0.05) is 18.2 Å². The van der Waals surface area contributed by atoms with E-state index in [0.717, 1.165) is 68.5 Å². The van der Waals surface area contributed by atoms with Gasteiger partial charge in [-0.3, -0.25) is 4.79 Å². The number of hydrogen-bond acceptors (Lipinski definition) is 5. The Morgan fingerprint density at radius 3 is 2.68 bits per heavy atom. The van der Waals surface area contributed by atoms with Crippen molar-refractivity contribution in [2.24, 2.45) is 0 Å². The SMILES string of the molecule is COc1ccccc1C(C)(C)C(=O)N1CCC(c2nnc3n2CCNC3)CC1. The molecule has 0 atom stereocenters. The summed E-state index contributed by atoms with van der Waals surface area (Å²) in [7, 11) is 1.65. The van der Waals surface area contributed by atoms with Gasteiger partial charge in [-0.15, -0.1) is 10.2 Å². The van der Waals surface area contributed by atoms with Crippen molar-refractivity contribution in [3.63, 3.8) is 0 Å². The lowest BCUT2D eigenvalue weighted by molar-refractivity contribution is -0.137. The minimum atomic E-state index is -0.626. The van der Waals surface area contributed by atoms with Crippen molar-refractivity contribution in [3.05, 3.63) is 41.5 Å². The zero-order valence-electron chi connectivity index (χ0n) is 16.9. The highest BCUT2D eigenvalue weighted by molar-refractivity contribution is 5.88. The molecular formula is C21H29N5O2. The molecule has 0 spiro atoms. The van der Waals surface area contributed by atoms with Crippen molar-refractivity contribution in [1.82, 2.24) is 25.0 Å². The van der Waals surface area contributed by atoms with E-state index in [1.165, 1.54) is 0 Å². The van der Waals surface area contributed by atoms with E-state index in [1.807, 2.05) is 43.0 Å². The summed E-state index contributed by atoms with van der Waals surface area (Å²) in [5.41, 5.74) is 0.308. The maximum atomic E-state index is 13.3. The first-order chi connectivity index (χ1) is 13.5. The molecule has 1 aromatic heterocycles. The predicted octanol–water partition coefficient (Wildman–Crippen LogP) is 2.07. The minimum absolute atomic E-state index is 0.155. The highest BCUT2D eigenvalue weighted by atomic mass is 16.5. The van der Waals surface area contributed by atoms with E-state index in [-0.39, 0.29) is 5.91 Å². The Bertz CT molecular complexity index is 852. The van der Waals surface area contributed by atoms with Crippen LogP contribution in [0, 0.1) is 0 Å². The molecule has 1 N–H and O–H groups in total. The number of piperidine rings is 1. The number of rotatable bonds is 4. The van der Waals surface area contributed by atoms with Gasteiger partial charge in [-0.2, -0.15) is 0 Å². The number of aromatic nitrogens is 3. The number of nitrogens with one attached hydrogen (secondary N) is 1. The summed E-state index contributed by atoms with van der Waals surface area (Å²) < 4.78 is 7.76. The van der Waals surface area contributed by atoms with Crippen LogP contribution in [0.2, 0.25) is 0 Å². The molecular weight excluding hydrogens is 354 g/mol. The maximum Gasteiger partial charge on any atom is 0.232 e. The largest absolute Gasteiger partial charge is 0.496 e. The summed E-state index contributed by atoms with van der Waals surface area (Å²) in [6.45, 7) is 8.16. The van der Waals surface area contributed by atoms with E-state index in [1.54, 1.807) is 7.11 Å². The first-order valence-electron chi connectivity index (χ1n) is 10.1. The average Bonchev–Trinajstić information content (AvgIpc) is 3.17. The van der Waals surface area contributed by atoms with Crippen LogP contribution in [0.3, 0.4) is 0 Å². The Kier molecular flexibility index (Phi) is 5.10. The molecule has 2 aliphatic rings. The van der Waals surface area contributed by atoms with Gasteiger partial charge in [-0.05, 0) is 32.8 Å². The molecule has 0 radical (unpaired) electrons. The molecule has 1 fully saturated rings. The fraction of sp³-hybridized carbons (Fsp3) is 0.571. The number of hydrogen-bond donors (Lipinski definition) is 1. The normalized spacial score (nSPS) is 18.0. The Labute approximate surface area is 166 Å². The number of para-hydroxylation sites is 1. The van der Waals surface area contributed by atoms with E-state index >= 15 is 0 Å². The molecule has 7 heteroatoms. The van der Waals surface area contributed by atoms with E-state index in [4.69, 9.17) is 4.74 Å². The highest BCUT2D eigenvalue weighted by Crippen LogP contribution is 2.35. The minimum Gasteiger partial charge on any atom is -0.496 e. The molecule has 3 heterocycles. The number of ether oxygens (including phenoxy) is 1. The molecule has 1 aromatic carbocycles. The number of likely N-dealkylation sites (tertiary alicyclic amines) is 1. The Hall–Kier alpha value is -2.41. The Morgan fingerprint density at radius 2 is 1.93 bits per heavy atom. The number of amides is 1. The third-order valence-electron chi connectivity index (χ3n) is 6.11. The van der Waals surface area contributed by atoms with Crippen LogP contribution in [0.15, 0.2) is 24.3 Å². The van der Waals surface area contributed by atoms with Crippen LogP contribution in [0.1, 0.15) is 49.8 Å². The van der Waals surface area contributed by atoms with Crippen LogP contribution in [-0.2, 0) is 23.3 Å². The first kappa shape index (κ1) is 18.9. The van der Waals surface area contributed by atoms with Gasteiger partial charge in [0.1, 0.15) is 17.4 Å². The van der Waals surface area contributed by atoms with Crippen molar-refractivity contribution < 1.29 is 9.53 Å². The predicted molar refractivity (Wildman–Crippen MR) is 106 cm³/mol. The zero-order valence-corrected chi connectivity index (χ0v) is 16.9. The van der Waals surface area contributed by atoms with E-state index < -0.39 is 5.41 Å². The average molecular weight is 383 g/mol. The summed E-state index contributed by atoms with van der Waals surface area (Å²) in [4.78, 5) is 15.3. The van der Waals surface area contributed by atoms with Crippen LogP contribution in [-0.4, -0.2) is 52.3 Å². The second-order valence-electron chi connectivity index (χ2n) is 8.19. The fourth-order valence-electron chi connectivity index (χ4n) is 4.43. The van der Waals surface area contributed by atoms with E-state index in [9.17, 15) is 4.79 Å². The highest BCUT2D eigenvalue weighted by Gasteiger charge is 2.38. The van der Waals surface area contributed by atoms with Gasteiger partial charge in [0.2, 0.25) is 5.91 Å². The Balaban J connectivity index is 1.46. The van der Waals surface area contributed by atoms with Crippen molar-refractivity contribution in [3.8, 4) is 5.75 Å². The van der Waals surface area contributed by atoms with Crippen molar-refractivity contribution in [1.29, 1.82) is 0 Å². The third kappa shape index (κ3) is 3.28. The van der Waals surface area contributed by atoms with E-state index in [2.05, 4.69) is 20.1 Å². The van der Waals surface area contributed by atoms with Crippen LogP contribution in [0.5, 0.6) is 5.75 Å². The lowest BCUT2D eigenvalue weighted by Gasteiger charge is -2.37. The number of carbonyl (C=O) groups excluding carboxylic acids is 1. The summed E-state index contributed by atoms with van der Waals surface area (Å²) in [6.07, 6.45) is 1.86. The smallest absolute Gasteiger partial charge is 0.232 e. The molecule has 7 nitrogen and oxygen atoms in total. The molecule has 28 heavy (non-hydrogen) atoms. The van der Waals surface area contributed by atoms with Crippen LogP contribution >= 0.6 is 0 Å². The van der Waals surface area contributed by atoms with Gasteiger partial charge in [0.15, 0.2) is 0 Å². The van der Waals surface area contributed by atoms with Gasteiger partial charge < -0.3 is 19.5 Å². The summed E-state index contributed by atoms with van der Waals surface area (Å²) in [5.74, 6) is 3.41. The molecule has 0 aliphatic carbocycles. The fourth-order valence-corrected chi connectivity index (χ4v) is 4.43. The molecule has 0 saturated carbocycles. The van der Waals surface area contributed by atoms with Gasteiger partial charge in [-0.25, -0.2) is 0 Å². The van der Waals surface area contributed by atoms with Crippen molar-refractivity contribution in [2.45, 2.75) is 51.1 Å². The third-order valence-corrected chi connectivity index (χ3v) is 6.11. The number of benzene rings is 1. The molecule has 0 bridgehead atoms. The van der Waals surface area contributed by atoms with E-state index in [0.29, 0.717) is 5.92 Å². The molecule has 0 unspecified atom stereocenters. The number of carbonyl (C=O) groups is 1. The molecule has 1 amide bonds. The van der Waals surface area contributed by atoms with Crippen LogP contribution in [0.25, 0.3) is 0 Å². The van der Waals surface area contributed by atoms with Gasteiger partial charge >= 0.3 is 0 Å². The molecule has 2 aromatic rings. The summed E-state index contributed by atoms with van der Waals surface area (Å²) in [5, 5.41) is 12.1. The van der Waals surface area contributed by atoms with Gasteiger partial charge in [0.05, 0.1) is 19.1 Å². The lowest BCUT2D eigenvalue weighted by atomic mass is 9.81. The van der Waals surface area contributed by atoms with Gasteiger partial charge in [0, 0.05) is 37.7 Å². The van der Waals surface area contributed by atoms with Gasteiger partial charge in [0.25, 0.3) is 0 Å². The monoisotopic (exact) mass is 383 g/mol. The maximum absolute atomic E-state index is 13.3. The quantitative estimate of drug-likeness (QED) is 0.875. The van der Waals surface area contributed by atoms with Crippen LogP contribution in [0.4, 0.5) is 0 Å². The lowest BCUT2D eigenvalue weighted by Crippen LogP contribution is -2.47. The second kappa shape index (κ2) is 7.54. The van der Waals surface area contributed by atoms with Crippen molar-refractivity contribution in [2.75, 3.05) is 26.7 Å². The number of fused-ring (bicyclic) bond motifs is 1. The second-order valence-corrected chi connectivity index (χ2v) is 8.19. The van der Waals surface area contributed by atoms with Crippen LogP contribution < -0.4 is 10.1 Å². The number of methoxy groups -OCH3 is 1. The molecule has 4 rings (SSSR count). The molecule has 150 valence electrons. The Morgan fingerprint density at radius 1 is 1.18 bits per heavy atom. The topological polar surface area (TPSA) is 72.3 Å². The zero-order chi connectivity index (χ0) is 19.7.